The summed E-state index contributed by atoms with van der Waals surface area (Å²) in [5.41, 5.74) is -0.245. The van der Waals surface area contributed by atoms with Crippen molar-refractivity contribution >= 4 is 32.6 Å². The number of nitrogens with zero attached hydrogens (tertiary/aromatic N) is 1. The van der Waals surface area contributed by atoms with Crippen LogP contribution in [0.5, 0.6) is 0 Å². The number of hydrogen-bond donors (Lipinski definition) is 0. The topological polar surface area (TPSA) is 37.4 Å². The Morgan fingerprint density at radius 3 is 1.92 bits per heavy atom. The van der Waals surface area contributed by atoms with Gasteiger partial charge in [0.1, 0.15) is 3.26 Å². The summed E-state index contributed by atoms with van der Waals surface area (Å²) in [7, 11) is -1.38. The molecule has 0 N–H and O–H groups in total. The van der Waals surface area contributed by atoms with Gasteiger partial charge in [0.05, 0.1) is 0 Å². The summed E-state index contributed by atoms with van der Waals surface area (Å²) in [6.45, 7) is 5.92. The molecular formula is C7H14INO2S. The highest BCUT2D eigenvalue weighted by molar-refractivity contribution is 14.1. The monoisotopic (exact) mass is 303 g/mol. The summed E-state index contributed by atoms with van der Waals surface area (Å²) >= 11 is 2.01. The second-order valence-electron chi connectivity index (χ2n) is 3.81. The molecule has 5 heteroatoms. The summed E-state index contributed by atoms with van der Waals surface area (Å²) < 4.78 is 24.5. The molecule has 1 aliphatic rings. The van der Waals surface area contributed by atoms with Gasteiger partial charge in [-0.15, -0.1) is 0 Å². The Hall–Kier alpha value is 0.640. The van der Waals surface area contributed by atoms with Gasteiger partial charge in [-0.2, -0.15) is 4.31 Å². The van der Waals surface area contributed by atoms with Crippen LogP contribution in [0.2, 0.25) is 0 Å². The van der Waals surface area contributed by atoms with Crippen LogP contribution < -0.4 is 0 Å². The normalized spacial score (nSPS) is 40.1. The van der Waals surface area contributed by atoms with Crippen LogP contribution in [0, 0.1) is 5.92 Å². The molecule has 72 valence electrons. The summed E-state index contributed by atoms with van der Waals surface area (Å²) in [5.74, 6) is 0.174. The zero-order chi connectivity index (χ0) is 9.73. The van der Waals surface area contributed by atoms with E-state index in [0.29, 0.717) is 0 Å². The van der Waals surface area contributed by atoms with Gasteiger partial charge in [0, 0.05) is 18.5 Å². The Labute approximate surface area is 87.7 Å². The predicted molar refractivity (Wildman–Crippen MR) is 57.7 cm³/mol. The molecule has 1 saturated heterocycles. The maximum Gasteiger partial charge on any atom is 0.226 e. The highest BCUT2D eigenvalue weighted by atomic mass is 127. The van der Waals surface area contributed by atoms with Crippen LogP contribution >= 0.6 is 22.6 Å². The Morgan fingerprint density at radius 2 is 1.83 bits per heavy atom. The molecule has 0 spiro atoms. The standard InChI is InChI=1S/C7H14INO2S/c1-5-6(8)12(10,11)9(4)7(5,2)3/h5-6H,1-4H3. The van der Waals surface area contributed by atoms with E-state index < -0.39 is 10.0 Å². The molecule has 12 heavy (non-hydrogen) atoms. The summed E-state index contributed by atoms with van der Waals surface area (Å²) in [5, 5.41) is 0. The lowest BCUT2D eigenvalue weighted by atomic mass is 9.91. The third-order valence-corrected chi connectivity index (χ3v) is 8.20. The zero-order valence-electron chi connectivity index (χ0n) is 7.70. The van der Waals surface area contributed by atoms with Gasteiger partial charge in [0.25, 0.3) is 0 Å². The van der Waals surface area contributed by atoms with Gasteiger partial charge in [-0.3, -0.25) is 0 Å². The molecule has 1 aliphatic heterocycles. The van der Waals surface area contributed by atoms with Crippen LogP contribution in [0.4, 0.5) is 0 Å². The molecule has 1 rings (SSSR count). The first-order valence-corrected chi connectivity index (χ1v) is 6.59. The Kier molecular flexibility index (Phi) is 2.51. The minimum atomic E-state index is -3.04. The lowest BCUT2D eigenvalue weighted by molar-refractivity contribution is 0.227. The molecule has 0 aromatic heterocycles. The lowest BCUT2D eigenvalue weighted by Crippen LogP contribution is -2.40. The molecule has 0 bridgehead atoms. The maximum atomic E-state index is 11.6. The highest BCUT2D eigenvalue weighted by Crippen LogP contribution is 2.42. The molecule has 1 fully saturated rings. The summed E-state index contributed by atoms with van der Waals surface area (Å²) in [6.07, 6.45) is 0. The molecule has 3 nitrogen and oxygen atoms in total. The molecule has 2 unspecified atom stereocenters. The first kappa shape index (κ1) is 10.7. The molecule has 1 heterocycles. The van der Waals surface area contributed by atoms with Crippen LogP contribution in [0.1, 0.15) is 20.8 Å². The molecular weight excluding hydrogens is 289 g/mol. The van der Waals surface area contributed by atoms with Crippen LogP contribution in [0.15, 0.2) is 0 Å². The second kappa shape index (κ2) is 2.81. The van der Waals surface area contributed by atoms with E-state index in [4.69, 9.17) is 0 Å². The van der Waals surface area contributed by atoms with Crippen LogP contribution in [-0.4, -0.2) is 28.6 Å². The fourth-order valence-corrected chi connectivity index (χ4v) is 5.22. The van der Waals surface area contributed by atoms with Gasteiger partial charge in [-0.05, 0) is 13.8 Å². The van der Waals surface area contributed by atoms with Gasteiger partial charge in [-0.1, -0.05) is 29.5 Å². The van der Waals surface area contributed by atoms with Crippen molar-refractivity contribution < 1.29 is 8.42 Å². The molecule has 2 atom stereocenters. The van der Waals surface area contributed by atoms with Crippen LogP contribution in [0.3, 0.4) is 0 Å². The van der Waals surface area contributed by atoms with Crippen LogP contribution in [-0.2, 0) is 10.0 Å². The number of sulfonamides is 1. The van der Waals surface area contributed by atoms with Crippen molar-refractivity contribution in [3.63, 3.8) is 0 Å². The van der Waals surface area contributed by atoms with E-state index in [1.807, 2.05) is 43.4 Å². The quantitative estimate of drug-likeness (QED) is 0.501. The number of rotatable bonds is 0. The molecule has 0 aromatic rings. The third kappa shape index (κ3) is 1.21. The second-order valence-corrected chi connectivity index (χ2v) is 8.08. The van der Waals surface area contributed by atoms with Gasteiger partial charge in [0.2, 0.25) is 10.0 Å². The highest BCUT2D eigenvalue weighted by Gasteiger charge is 2.52. The van der Waals surface area contributed by atoms with Crippen molar-refractivity contribution in [2.75, 3.05) is 7.05 Å². The summed E-state index contributed by atoms with van der Waals surface area (Å²) in [6, 6.07) is 0. The lowest BCUT2D eigenvalue weighted by Gasteiger charge is -2.28. The van der Waals surface area contributed by atoms with Gasteiger partial charge >= 0.3 is 0 Å². The average Bonchev–Trinajstić information content (AvgIpc) is 2.06. The fourth-order valence-electron chi connectivity index (χ4n) is 1.34. The summed E-state index contributed by atoms with van der Waals surface area (Å²) in [4.78, 5) is 0. The predicted octanol–water partition coefficient (Wildman–Crippen LogP) is 1.44. The van der Waals surface area contributed by atoms with Crippen molar-refractivity contribution in [3.05, 3.63) is 0 Å². The van der Waals surface area contributed by atoms with Crippen molar-refractivity contribution in [2.45, 2.75) is 29.6 Å². The van der Waals surface area contributed by atoms with Crippen molar-refractivity contribution in [1.82, 2.24) is 4.31 Å². The van der Waals surface area contributed by atoms with Crippen molar-refractivity contribution in [1.29, 1.82) is 0 Å². The van der Waals surface area contributed by atoms with E-state index in [-0.39, 0.29) is 14.7 Å². The van der Waals surface area contributed by atoms with E-state index in [1.165, 1.54) is 4.31 Å². The first-order valence-electron chi connectivity index (χ1n) is 3.84. The van der Waals surface area contributed by atoms with E-state index in [2.05, 4.69) is 0 Å². The van der Waals surface area contributed by atoms with E-state index in [0.717, 1.165) is 0 Å². The molecule has 0 aliphatic carbocycles. The largest absolute Gasteiger partial charge is 0.226 e. The van der Waals surface area contributed by atoms with Crippen LogP contribution in [0.25, 0.3) is 0 Å². The minimum Gasteiger partial charge on any atom is -0.211 e. The first-order chi connectivity index (χ1) is 5.22. The van der Waals surface area contributed by atoms with Gasteiger partial charge in [0.15, 0.2) is 0 Å². The Balaban J connectivity index is 3.21. The van der Waals surface area contributed by atoms with E-state index in [1.54, 1.807) is 7.05 Å². The SMILES string of the molecule is CC1C(I)S(=O)(=O)N(C)C1(C)C. The molecule has 0 amide bonds. The third-order valence-electron chi connectivity index (χ3n) is 2.99. The molecule has 0 saturated carbocycles. The minimum absolute atomic E-state index is 0.174. The Bertz CT molecular complexity index is 286. The van der Waals surface area contributed by atoms with E-state index >= 15 is 0 Å². The molecule has 0 aromatic carbocycles. The van der Waals surface area contributed by atoms with Crippen molar-refractivity contribution in [3.8, 4) is 0 Å². The smallest absolute Gasteiger partial charge is 0.211 e. The number of hydrogen-bond acceptors (Lipinski definition) is 2. The Morgan fingerprint density at radius 1 is 1.42 bits per heavy atom. The van der Waals surface area contributed by atoms with Gasteiger partial charge < -0.3 is 0 Å². The van der Waals surface area contributed by atoms with Gasteiger partial charge in [-0.25, -0.2) is 8.42 Å². The fraction of sp³-hybridized carbons (Fsp3) is 1.00. The zero-order valence-corrected chi connectivity index (χ0v) is 10.7. The molecule has 0 radical (unpaired) electrons. The average molecular weight is 303 g/mol. The number of alkyl halides is 1. The maximum absolute atomic E-state index is 11.6. The van der Waals surface area contributed by atoms with E-state index in [9.17, 15) is 8.42 Å². The van der Waals surface area contributed by atoms with Crippen molar-refractivity contribution in [2.24, 2.45) is 5.92 Å². The number of halogens is 1.